The molecule has 0 radical (unpaired) electrons. The van der Waals surface area contributed by atoms with Crippen LogP contribution in [0, 0.1) is 0 Å². The molecule has 6 rings (SSSR count). The van der Waals surface area contributed by atoms with Gasteiger partial charge in [-0.15, -0.1) is 0 Å². The Balaban J connectivity index is 1.11. The monoisotopic (exact) mass is 558 g/mol. The average Bonchev–Trinajstić information content (AvgIpc) is 3.68. The van der Waals surface area contributed by atoms with Gasteiger partial charge in [0.25, 0.3) is 0 Å². The van der Waals surface area contributed by atoms with E-state index in [2.05, 4.69) is 29.9 Å². The van der Waals surface area contributed by atoms with Crippen LogP contribution in [0.1, 0.15) is 12.5 Å². The number of fused-ring (bicyclic) bond motifs is 2. The summed E-state index contributed by atoms with van der Waals surface area (Å²) in [6.45, 7) is 0.373. The van der Waals surface area contributed by atoms with E-state index in [1.807, 2.05) is 0 Å². The Labute approximate surface area is 226 Å². The maximum absolute atomic E-state index is 10.8. The first-order chi connectivity index (χ1) is 19.2. The number of likely N-dealkylation sites (N-methyl/N-ethyl adjacent to an activating group) is 2. The molecule has 0 saturated carbocycles. The zero-order valence-electron chi connectivity index (χ0n) is 21.6. The summed E-state index contributed by atoms with van der Waals surface area (Å²) in [7, 11) is 3.52. The third-order valence-electron chi connectivity index (χ3n) is 7.47. The zero-order valence-corrected chi connectivity index (χ0v) is 21.6. The van der Waals surface area contributed by atoms with E-state index in [-0.39, 0.29) is 24.7 Å². The molecule has 2 saturated heterocycles. The summed E-state index contributed by atoms with van der Waals surface area (Å²) in [5.74, 6) is 0.383. The van der Waals surface area contributed by atoms with E-state index < -0.39 is 49.1 Å². The second-order valence-electron chi connectivity index (χ2n) is 9.94. The Kier molecular flexibility index (Phi) is 6.71. The minimum Gasteiger partial charge on any atom is -0.387 e. The number of hydrogen-bond acceptors (Lipinski definition) is 16. The number of aliphatic hydroxyl groups excluding tert-OH is 4. The Morgan fingerprint density at radius 2 is 1.07 bits per heavy atom. The van der Waals surface area contributed by atoms with E-state index in [0.717, 1.165) is 0 Å². The highest BCUT2D eigenvalue weighted by Crippen LogP contribution is 2.34. The minimum absolute atomic E-state index is 0.187. The standard InChI is InChI=1S/C22H30N12O6/c1-31(3-9-13(35)15(37)21(39-9)33-7-29-11-17(23)25-5-27-19(11)33)32(2)4-10-14(36)16(38)22(40-10)34-8-30-12-18(24)26-6-28-20(12)34/h5-10,13-16,21-22,35-38H,3-4H2,1-2H3,(H2,23,25,27)(H2,24,26,28). The summed E-state index contributed by atoms with van der Waals surface area (Å²) < 4.78 is 15.1. The van der Waals surface area contributed by atoms with Gasteiger partial charge in [-0.1, -0.05) is 0 Å². The van der Waals surface area contributed by atoms with Gasteiger partial charge in [0.2, 0.25) is 0 Å². The van der Waals surface area contributed by atoms with E-state index in [0.29, 0.717) is 22.3 Å². The Bertz CT molecular complexity index is 1400. The number of rotatable bonds is 7. The molecule has 2 aliphatic rings. The van der Waals surface area contributed by atoms with Crippen molar-refractivity contribution in [3.63, 3.8) is 0 Å². The smallest absolute Gasteiger partial charge is 0.167 e. The molecule has 18 heteroatoms. The molecule has 18 nitrogen and oxygen atoms in total. The number of aliphatic hydroxyl groups is 4. The van der Waals surface area contributed by atoms with Gasteiger partial charge in [0.1, 0.15) is 60.3 Å². The molecule has 40 heavy (non-hydrogen) atoms. The molecule has 6 heterocycles. The molecule has 4 aromatic heterocycles. The van der Waals surface area contributed by atoms with Crippen molar-refractivity contribution in [3.8, 4) is 0 Å². The van der Waals surface area contributed by atoms with E-state index in [1.54, 1.807) is 24.1 Å². The lowest BCUT2D eigenvalue weighted by Crippen LogP contribution is -2.49. The van der Waals surface area contributed by atoms with Crippen molar-refractivity contribution >= 4 is 34.0 Å². The number of nitrogen functional groups attached to an aromatic ring is 2. The number of hydrogen-bond donors (Lipinski definition) is 6. The average molecular weight is 559 g/mol. The molecule has 4 aromatic rings. The lowest BCUT2D eigenvalue weighted by atomic mass is 10.1. The van der Waals surface area contributed by atoms with Gasteiger partial charge in [-0.05, 0) is 0 Å². The molecular weight excluding hydrogens is 528 g/mol. The number of ether oxygens (including phenoxy) is 2. The van der Waals surface area contributed by atoms with Crippen LogP contribution in [-0.4, -0.2) is 133 Å². The highest BCUT2D eigenvalue weighted by Gasteiger charge is 2.47. The highest BCUT2D eigenvalue weighted by atomic mass is 16.6. The number of nitrogens with two attached hydrogens (primary N) is 2. The van der Waals surface area contributed by atoms with Crippen LogP contribution in [0.2, 0.25) is 0 Å². The van der Waals surface area contributed by atoms with Crippen molar-refractivity contribution in [3.05, 3.63) is 25.3 Å². The Morgan fingerprint density at radius 3 is 1.48 bits per heavy atom. The van der Waals surface area contributed by atoms with Crippen LogP contribution < -0.4 is 11.5 Å². The van der Waals surface area contributed by atoms with Crippen molar-refractivity contribution < 1.29 is 29.9 Å². The first kappa shape index (κ1) is 26.6. The van der Waals surface area contributed by atoms with Gasteiger partial charge in [0.15, 0.2) is 35.4 Å². The lowest BCUT2D eigenvalue weighted by Gasteiger charge is -2.33. The molecule has 8 N–H and O–H groups in total. The molecule has 8 unspecified atom stereocenters. The van der Waals surface area contributed by atoms with Crippen molar-refractivity contribution in [2.45, 2.75) is 49.1 Å². The SMILES string of the molecule is CN(CC1OC(n2cnc3c(N)ncnc32)C(O)C1O)N(C)CC1OC(n2cnc3c(N)ncnc32)C(O)C1O. The molecule has 0 aliphatic carbocycles. The summed E-state index contributed by atoms with van der Waals surface area (Å²) >= 11 is 0. The van der Waals surface area contributed by atoms with E-state index in [1.165, 1.54) is 34.4 Å². The van der Waals surface area contributed by atoms with E-state index in [9.17, 15) is 20.4 Å². The number of nitrogens with zero attached hydrogens (tertiary/aromatic N) is 10. The van der Waals surface area contributed by atoms with Crippen LogP contribution in [0.15, 0.2) is 25.3 Å². The topological polar surface area (TPSA) is 245 Å². The van der Waals surface area contributed by atoms with Gasteiger partial charge in [-0.2, -0.15) is 0 Å². The van der Waals surface area contributed by atoms with Crippen molar-refractivity contribution in [1.82, 2.24) is 49.1 Å². The fourth-order valence-electron chi connectivity index (χ4n) is 5.13. The molecule has 0 bridgehead atoms. The largest absolute Gasteiger partial charge is 0.387 e. The van der Waals surface area contributed by atoms with Crippen LogP contribution in [-0.2, 0) is 9.47 Å². The van der Waals surface area contributed by atoms with Gasteiger partial charge < -0.3 is 41.4 Å². The van der Waals surface area contributed by atoms with Crippen LogP contribution >= 0.6 is 0 Å². The van der Waals surface area contributed by atoms with E-state index in [4.69, 9.17) is 20.9 Å². The Morgan fingerprint density at radius 1 is 0.675 bits per heavy atom. The number of anilines is 2. The van der Waals surface area contributed by atoms with Gasteiger partial charge in [0.05, 0.1) is 12.7 Å². The number of aromatic nitrogens is 8. The third-order valence-corrected chi connectivity index (χ3v) is 7.47. The molecule has 2 fully saturated rings. The predicted molar refractivity (Wildman–Crippen MR) is 137 cm³/mol. The van der Waals surface area contributed by atoms with Gasteiger partial charge in [-0.25, -0.2) is 39.9 Å². The summed E-state index contributed by atoms with van der Waals surface area (Å²) in [6, 6.07) is 0. The fourth-order valence-corrected chi connectivity index (χ4v) is 5.13. The summed E-state index contributed by atoms with van der Waals surface area (Å²) in [5.41, 5.74) is 13.2. The van der Waals surface area contributed by atoms with Gasteiger partial charge in [0, 0.05) is 27.2 Å². The first-order valence-corrected chi connectivity index (χ1v) is 12.5. The minimum atomic E-state index is -1.25. The molecule has 0 aromatic carbocycles. The van der Waals surface area contributed by atoms with Crippen molar-refractivity contribution in [1.29, 1.82) is 0 Å². The second-order valence-corrected chi connectivity index (χ2v) is 9.94. The molecule has 214 valence electrons. The quantitative estimate of drug-likeness (QED) is 0.123. The van der Waals surface area contributed by atoms with Crippen molar-refractivity contribution in [2.75, 3.05) is 38.7 Å². The summed E-state index contributed by atoms with van der Waals surface area (Å²) in [4.78, 5) is 24.6. The van der Waals surface area contributed by atoms with Gasteiger partial charge >= 0.3 is 0 Å². The summed E-state index contributed by atoms with van der Waals surface area (Å²) in [5, 5.41) is 46.5. The zero-order chi connectivity index (χ0) is 28.3. The van der Waals surface area contributed by atoms with Crippen LogP contribution in [0.5, 0.6) is 0 Å². The molecular formula is C22H30N12O6. The maximum atomic E-state index is 10.8. The van der Waals surface area contributed by atoms with Crippen LogP contribution in [0.25, 0.3) is 22.3 Å². The normalized spacial score (nSPS) is 30.9. The number of hydrazine groups is 1. The summed E-state index contributed by atoms with van der Waals surface area (Å²) in [6.07, 6.45) is -2.94. The molecule has 0 spiro atoms. The molecule has 2 aliphatic heterocycles. The van der Waals surface area contributed by atoms with E-state index >= 15 is 0 Å². The fraction of sp³-hybridized carbons (Fsp3) is 0.545. The number of imidazole rings is 2. The molecule has 0 amide bonds. The Hall–Kier alpha value is -3.62. The highest BCUT2D eigenvalue weighted by molar-refractivity contribution is 5.81. The lowest BCUT2D eigenvalue weighted by molar-refractivity contribution is -0.0993. The van der Waals surface area contributed by atoms with Crippen LogP contribution in [0.3, 0.4) is 0 Å². The van der Waals surface area contributed by atoms with Crippen molar-refractivity contribution in [2.24, 2.45) is 0 Å². The third kappa shape index (κ3) is 4.30. The maximum Gasteiger partial charge on any atom is 0.167 e. The second kappa shape index (κ2) is 10.1. The van der Waals surface area contributed by atoms with Crippen LogP contribution in [0.4, 0.5) is 11.6 Å². The predicted octanol–water partition coefficient (Wildman–Crippen LogP) is -3.15. The van der Waals surface area contributed by atoms with Gasteiger partial charge in [-0.3, -0.25) is 9.13 Å². The molecule has 8 atom stereocenters. The first-order valence-electron chi connectivity index (χ1n) is 12.5.